The third-order valence-electron chi connectivity index (χ3n) is 3.44. The van der Waals surface area contributed by atoms with E-state index in [4.69, 9.17) is 4.74 Å². The molecule has 0 amide bonds. The molecule has 0 radical (unpaired) electrons. The zero-order valence-corrected chi connectivity index (χ0v) is 12.8. The molecule has 0 bridgehead atoms. The number of methoxy groups -OCH3 is 1. The third kappa shape index (κ3) is 2.50. The summed E-state index contributed by atoms with van der Waals surface area (Å²) in [6.07, 6.45) is 4.86. The Labute approximate surface area is 137 Å². The second-order valence-electron chi connectivity index (χ2n) is 4.91. The van der Waals surface area contributed by atoms with Gasteiger partial charge in [-0.05, 0) is 18.2 Å². The standard InChI is InChI=1S/C16H13N7O/c1-24-14-12(6-4-8-17-14)21-15-18-10-19-16(22-15)23-13-7-3-2-5-11(13)9-20-23/h2-10H,1H3,(H,18,19,21,22). The Hall–Kier alpha value is -3.55. The van der Waals surface area contributed by atoms with Crippen molar-refractivity contribution in [3.05, 3.63) is 55.1 Å². The first-order valence-corrected chi connectivity index (χ1v) is 7.23. The molecule has 0 aliphatic carbocycles. The molecule has 4 rings (SSSR count). The minimum absolute atomic E-state index is 0.380. The molecule has 0 atom stereocenters. The van der Waals surface area contributed by atoms with Crippen molar-refractivity contribution in [3.8, 4) is 11.8 Å². The van der Waals surface area contributed by atoms with Crippen molar-refractivity contribution in [2.45, 2.75) is 0 Å². The van der Waals surface area contributed by atoms with Gasteiger partial charge in [-0.3, -0.25) is 0 Å². The van der Waals surface area contributed by atoms with Crippen LogP contribution in [0.3, 0.4) is 0 Å². The van der Waals surface area contributed by atoms with Crippen molar-refractivity contribution in [3.63, 3.8) is 0 Å². The molecule has 8 nitrogen and oxygen atoms in total. The van der Waals surface area contributed by atoms with E-state index in [0.717, 1.165) is 10.9 Å². The van der Waals surface area contributed by atoms with Gasteiger partial charge in [0.2, 0.25) is 11.8 Å². The maximum absolute atomic E-state index is 5.22. The average Bonchev–Trinajstić information content (AvgIpc) is 3.06. The number of para-hydroxylation sites is 1. The van der Waals surface area contributed by atoms with Gasteiger partial charge in [0.05, 0.1) is 18.8 Å². The average molecular weight is 319 g/mol. The van der Waals surface area contributed by atoms with Gasteiger partial charge in [-0.1, -0.05) is 18.2 Å². The molecule has 0 saturated heterocycles. The second-order valence-corrected chi connectivity index (χ2v) is 4.91. The summed E-state index contributed by atoms with van der Waals surface area (Å²) in [5.41, 5.74) is 1.59. The van der Waals surface area contributed by atoms with Crippen LogP contribution in [0.5, 0.6) is 5.88 Å². The van der Waals surface area contributed by atoms with Crippen LogP contribution in [0.1, 0.15) is 0 Å². The number of nitrogens with one attached hydrogen (secondary N) is 1. The van der Waals surface area contributed by atoms with Gasteiger partial charge in [0.1, 0.15) is 12.0 Å². The van der Waals surface area contributed by atoms with Crippen LogP contribution >= 0.6 is 0 Å². The van der Waals surface area contributed by atoms with Gasteiger partial charge < -0.3 is 10.1 Å². The van der Waals surface area contributed by atoms with Crippen LogP contribution in [0.4, 0.5) is 11.6 Å². The number of anilines is 2. The molecule has 0 saturated carbocycles. The molecule has 3 aromatic heterocycles. The van der Waals surface area contributed by atoms with E-state index in [1.165, 1.54) is 6.33 Å². The third-order valence-corrected chi connectivity index (χ3v) is 3.44. The van der Waals surface area contributed by atoms with Crippen molar-refractivity contribution in [1.29, 1.82) is 0 Å². The summed E-state index contributed by atoms with van der Waals surface area (Å²) in [7, 11) is 1.56. The van der Waals surface area contributed by atoms with Crippen molar-refractivity contribution in [2.24, 2.45) is 0 Å². The van der Waals surface area contributed by atoms with Gasteiger partial charge >= 0.3 is 0 Å². The van der Waals surface area contributed by atoms with Gasteiger partial charge in [-0.25, -0.2) is 9.97 Å². The maximum atomic E-state index is 5.22. The highest BCUT2D eigenvalue weighted by Gasteiger charge is 2.10. The summed E-state index contributed by atoms with van der Waals surface area (Å²) in [5.74, 6) is 1.27. The van der Waals surface area contributed by atoms with Crippen LogP contribution in [0.25, 0.3) is 16.9 Å². The number of aromatic nitrogens is 6. The van der Waals surface area contributed by atoms with E-state index < -0.39 is 0 Å². The predicted octanol–water partition coefficient (Wildman–Crippen LogP) is 2.36. The van der Waals surface area contributed by atoms with Gasteiger partial charge in [0.15, 0.2) is 0 Å². The predicted molar refractivity (Wildman–Crippen MR) is 88.5 cm³/mol. The highest BCUT2D eigenvalue weighted by molar-refractivity contribution is 5.79. The molecule has 4 aromatic rings. The summed E-state index contributed by atoms with van der Waals surface area (Å²) in [6.45, 7) is 0. The fraction of sp³-hybridized carbons (Fsp3) is 0.0625. The minimum Gasteiger partial charge on any atom is -0.480 e. The maximum Gasteiger partial charge on any atom is 0.255 e. The van der Waals surface area contributed by atoms with Crippen molar-refractivity contribution in [2.75, 3.05) is 12.4 Å². The molecular formula is C16H13N7O. The summed E-state index contributed by atoms with van der Waals surface area (Å²) >= 11 is 0. The van der Waals surface area contributed by atoms with Gasteiger partial charge in [0, 0.05) is 11.6 Å². The van der Waals surface area contributed by atoms with E-state index in [1.54, 1.807) is 30.3 Å². The highest BCUT2D eigenvalue weighted by Crippen LogP contribution is 2.23. The summed E-state index contributed by atoms with van der Waals surface area (Å²) in [4.78, 5) is 16.9. The van der Waals surface area contributed by atoms with Crippen molar-refractivity contribution >= 4 is 22.5 Å². The molecule has 0 aliphatic rings. The van der Waals surface area contributed by atoms with E-state index in [9.17, 15) is 0 Å². The van der Waals surface area contributed by atoms with Crippen LogP contribution in [-0.2, 0) is 0 Å². The molecule has 8 heteroatoms. The SMILES string of the molecule is COc1ncccc1Nc1ncnc(-n2ncc3ccccc32)n1. The number of hydrogen-bond donors (Lipinski definition) is 1. The molecule has 0 unspecified atom stereocenters. The fourth-order valence-electron chi connectivity index (χ4n) is 2.35. The summed E-state index contributed by atoms with van der Waals surface area (Å²) < 4.78 is 6.88. The molecule has 0 spiro atoms. The number of rotatable bonds is 4. The molecular weight excluding hydrogens is 306 g/mol. The minimum atomic E-state index is 0.380. The van der Waals surface area contributed by atoms with E-state index >= 15 is 0 Å². The second kappa shape index (κ2) is 5.92. The number of nitrogens with zero attached hydrogens (tertiary/aromatic N) is 6. The molecule has 118 valence electrons. The monoisotopic (exact) mass is 319 g/mol. The zero-order chi connectivity index (χ0) is 16.4. The number of fused-ring (bicyclic) bond motifs is 1. The van der Waals surface area contributed by atoms with Crippen LogP contribution < -0.4 is 10.1 Å². The quantitative estimate of drug-likeness (QED) is 0.617. The summed E-state index contributed by atoms with van der Waals surface area (Å²) in [5, 5.41) is 8.44. The Balaban J connectivity index is 1.71. The van der Waals surface area contributed by atoms with Crippen LogP contribution in [-0.4, -0.2) is 36.8 Å². The summed E-state index contributed by atoms with van der Waals surface area (Å²) in [6, 6.07) is 11.5. The Morgan fingerprint density at radius 1 is 1.04 bits per heavy atom. The molecule has 1 N–H and O–H groups in total. The highest BCUT2D eigenvalue weighted by atomic mass is 16.5. The van der Waals surface area contributed by atoms with E-state index in [2.05, 4.69) is 30.4 Å². The normalized spacial score (nSPS) is 10.7. The lowest BCUT2D eigenvalue weighted by Gasteiger charge is -2.09. The number of hydrogen-bond acceptors (Lipinski definition) is 7. The first kappa shape index (κ1) is 14.1. The topological polar surface area (TPSA) is 90.6 Å². The molecule has 0 aliphatic heterocycles. The van der Waals surface area contributed by atoms with Gasteiger partial charge in [-0.15, -0.1) is 0 Å². The Morgan fingerprint density at radius 3 is 2.88 bits per heavy atom. The van der Waals surface area contributed by atoms with E-state index in [0.29, 0.717) is 23.5 Å². The van der Waals surface area contributed by atoms with Gasteiger partial charge in [0.25, 0.3) is 5.95 Å². The zero-order valence-electron chi connectivity index (χ0n) is 12.8. The van der Waals surface area contributed by atoms with Crippen LogP contribution in [0, 0.1) is 0 Å². The Kier molecular flexibility index (Phi) is 3.47. The van der Waals surface area contributed by atoms with E-state index in [1.807, 2.05) is 30.3 Å². The lowest BCUT2D eigenvalue weighted by atomic mass is 10.3. The lowest BCUT2D eigenvalue weighted by molar-refractivity contribution is 0.400. The first-order valence-electron chi connectivity index (χ1n) is 7.23. The van der Waals surface area contributed by atoms with E-state index in [-0.39, 0.29) is 0 Å². The molecule has 3 heterocycles. The molecule has 24 heavy (non-hydrogen) atoms. The Morgan fingerprint density at radius 2 is 1.96 bits per heavy atom. The smallest absolute Gasteiger partial charge is 0.255 e. The fourth-order valence-corrected chi connectivity index (χ4v) is 2.35. The van der Waals surface area contributed by atoms with Crippen molar-refractivity contribution in [1.82, 2.24) is 29.7 Å². The molecule has 0 fully saturated rings. The van der Waals surface area contributed by atoms with Crippen LogP contribution in [0.2, 0.25) is 0 Å². The van der Waals surface area contributed by atoms with Crippen LogP contribution in [0.15, 0.2) is 55.1 Å². The number of benzene rings is 1. The first-order chi connectivity index (χ1) is 11.8. The molecule has 1 aromatic carbocycles. The Bertz CT molecular complexity index is 998. The number of ether oxygens (including phenoxy) is 1. The number of pyridine rings is 1. The largest absolute Gasteiger partial charge is 0.480 e. The lowest BCUT2D eigenvalue weighted by Crippen LogP contribution is -2.07. The van der Waals surface area contributed by atoms with Crippen molar-refractivity contribution < 1.29 is 4.74 Å². The van der Waals surface area contributed by atoms with Gasteiger partial charge in [-0.2, -0.15) is 19.7 Å².